The minimum atomic E-state index is -0.135. The van der Waals surface area contributed by atoms with E-state index in [9.17, 15) is 4.79 Å². The van der Waals surface area contributed by atoms with Gasteiger partial charge in [0, 0.05) is 17.5 Å². The summed E-state index contributed by atoms with van der Waals surface area (Å²) in [6.07, 6.45) is 2.49. The van der Waals surface area contributed by atoms with Crippen molar-refractivity contribution in [2.45, 2.75) is 30.7 Å². The maximum absolute atomic E-state index is 12.4. The van der Waals surface area contributed by atoms with Crippen LogP contribution in [-0.4, -0.2) is 21.0 Å². The number of carbonyl (C=O) groups is 1. The molecule has 0 bridgehead atoms. The molecule has 0 spiro atoms. The van der Waals surface area contributed by atoms with Gasteiger partial charge in [-0.25, -0.2) is 9.97 Å². The quantitative estimate of drug-likeness (QED) is 0.474. The number of aryl methyl sites for hydroxylation is 1. The number of hydrogen-bond acceptors (Lipinski definition) is 4. The van der Waals surface area contributed by atoms with E-state index in [1.165, 1.54) is 11.8 Å². The van der Waals surface area contributed by atoms with Gasteiger partial charge in [0.2, 0.25) is 0 Å². The van der Waals surface area contributed by atoms with Crippen molar-refractivity contribution < 1.29 is 4.79 Å². The molecule has 0 N–H and O–H groups in total. The van der Waals surface area contributed by atoms with E-state index in [-0.39, 0.29) is 11.0 Å². The van der Waals surface area contributed by atoms with Gasteiger partial charge >= 0.3 is 0 Å². The molecule has 0 fully saturated rings. The number of hydrogen-bond donors (Lipinski definition) is 0. The van der Waals surface area contributed by atoms with Gasteiger partial charge in [0.1, 0.15) is 0 Å². The third-order valence-corrected chi connectivity index (χ3v) is 3.98. The summed E-state index contributed by atoms with van der Waals surface area (Å²) in [5.41, 5.74) is 1.66. The maximum Gasteiger partial charge on any atom is 0.188 e. The van der Waals surface area contributed by atoms with Crippen molar-refractivity contribution in [3.63, 3.8) is 0 Å². The van der Waals surface area contributed by atoms with E-state index in [2.05, 4.69) is 9.97 Å². The summed E-state index contributed by atoms with van der Waals surface area (Å²) in [7, 11) is 0. The van der Waals surface area contributed by atoms with Crippen LogP contribution >= 0.6 is 11.8 Å². The highest BCUT2D eigenvalue weighted by Gasteiger charge is 2.20. The Morgan fingerprint density at radius 2 is 2.00 bits per heavy atom. The maximum atomic E-state index is 12.4. The lowest BCUT2D eigenvalue weighted by molar-refractivity contribution is 0.0988. The van der Waals surface area contributed by atoms with Crippen LogP contribution < -0.4 is 0 Å². The molecule has 0 saturated heterocycles. The summed E-state index contributed by atoms with van der Waals surface area (Å²) in [4.78, 5) is 20.9. The van der Waals surface area contributed by atoms with Crippen LogP contribution in [-0.2, 0) is 0 Å². The summed E-state index contributed by atoms with van der Waals surface area (Å²) in [6, 6.07) is 11.2. The van der Waals surface area contributed by atoms with Gasteiger partial charge < -0.3 is 0 Å². The van der Waals surface area contributed by atoms with Crippen molar-refractivity contribution in [1.82, 2.24) is 9.97 Å². The molecule has 1 atom stereocenters. The number of aromatic nitrogens is 2. The standard InChI is InChI=1S/C15H16N2OS/c1-3-13(14(18)12-7-5-4-6-8-12)19-15-16-10-9-11(2)17-15/h4-10,13H,3H2,1-2H3. The topological polar surface area (TPSA) is 42.9 Å². The predicted molar refractivity (Wildman–Crippen MR) is 77.5 cm³/mol. The van der Waals surface area contributed by atoms with E-state index in [1.807, 2.05) is 50.2 Å². The third-order valence-electron chi connectivity index (χ3n) is 2.74. The Morgan fingerprint density at radius 3 is 2.63 bits per heavy atom. The van der Waals surface area contributed by atoms with E-state index in [0.29, 0.717) is 5.16 Å². The molecule has 2 aromatic rings. The lowest BCUT2D eigenvalue weighted by Crippen LogP contribution is -2.17. The average molecular weight is 272 g/mol. The Morgan fingerprint density at radius 1 is 1.26 bits per heavy atom. The minimum absolute atomic E-state index is 0.135. The zero-order valence-electron chi connectivity index (χ0n) is 11.0. The Labute approximate surface area is 117 Å². The smallest absolute Gasteiger partial charge is 0.188 e. The van der Waals surface area contributed by atoms with Gasteiger partial charge in [0.25, 0.3) is 0 Å². The molecule has 0 aliphatic carbocycles. The van der Waals surface area contributed by atoms with Crippen molar-refractivity contribution in [3.8, 4) is 0 Å². The van der Waals surface area contributed by atoms with Crippen LogP contribution in [0.1, 0.15) is 29.4 Å². The molecule has 1 heterocycles. The lowest BCUT2D eigenvalue weighted by atomic mass is 10.1. The minimum Gasteiger partial charge on any atom is -0.293 e. The number of benzene rings is 1. The summed E-state index contributed by atoms with van der Waals surface area (Å²) in [5, 5.41) is 0.528. The molecule has 98 valence electrons. The Hall–Kier alpha value is -1.68. The largest absolute Gasteiger partial charge is 0.293 e. The van der Waals surface area contributed by atoms with Crippen molar-refractivity contribution in [2.75, 3.05) is 0 Å². The van der Waals surface area contributed by atoms with Gasteiger partial charge in [0.05, 0.1) is 5.25 Å². The number of thioether (sulfide) groups is 1. The second kappa shape index (κ2) is 6.48. The van der Waals surface area contributed by atoms with Gasteiger partial charge in [-0.15, -0.1) is 0 Å². The Bertz CT molecular complexity index is 557. The lowest BCUT2D eigenvalue weighted by Gasteiger charge is -2.12. The van der Waals surface area contributed by atoms with Crippen LogP contribution in [0.4, 0.5) is 0 Å². The Kier molecular flexibility index (Phi) is 4.68. The van der Waals surface area contributed by atoms with Crippen LogP contribution in [0.3, 0.4) is 0 Å². The first-order chi connectivity index (χ1) is 9.20. The van der Waals surface area contributed by atoms with Crippen LogP contribution in [0.15, 0.2) is 47.8 Å². The molecule has 0 saturated carbocycles. The van der Waals surface area contributed by atoms with Crippen molar-refractivity contribution >= 4 is 17.5 Å². The summed E-state index contributed by atoms with van der Waals surface area (Å²) in [5.74, 6) is 0.137. The molecule has 4 heteroatoms. The van der Waals surface area contributed by atoms with Gasteiger partial charge in [-0.3, -0.25) is 4.79 Å². The highest BCUT2D eigenvalue weighted by Crippen LogP contribution is 2.25. The monoisotopic (exact) mass is 272 g/mol. The first-order valence-electron chi connectivity index (χ1n) is 6.26. The second-order valence-corrected chi connectivity index (χ2v) is 5.40. The molecule has 0 aliphatic rings. The fourth-order valence-electron chi connectivity index (χ4n) is 1.72. The molecular weight excluding hydrogens is 256 g/mol. The third kappa shape index (κ3) is 3.64. The SMILES string of the molecule is CCC(Sc1nccc(C)n1)C(=O)c1ccccc1. The van der Waals surface area contributed by atoms with Gasteiger partial charge in [0.15, 0.2) is 10.9 Å². The fourth-order valence-corrected chi connectivity index (χ4v) is 2.70. The summed E-state index contributed by atoms with van der Waals surface area (Å²) in [6.45, 7) is 3.93. The van der Waals surface area contributed by atoms with Crippen molar-refractivity contribution in [1.29, 1.82) is 0 Å². The zero-order chi connectivity index (χ0) is 13.7. The van der Waals surface area contributed by atoms with E-state index >= 15 is 0 Å². The molecule has 2 rings (SSSR count). The molecule has 0 radical (unpaired) electrons. The molecule has 1 aromatic carbocycles. The van der Waals surface area contributed by atoms with Gasteiger partial charge in [-0.1, -0.05) is 49.0 Å². The van der Waals surface area contributed by atoms with Gasteiger partial charge in [-0.05, 0) is 19.4 Å². The second-order valence-electron chi connectivity index (χ2n) is 4.23. The molecule has 19 heavy (non-hydrogen) atoms. The van der Waals surface area contributed by atoms with E-state index < -0.39 is 0 Å². The molecule has 0 aliphatic heterocycles. The molecule has 3 nitrogen and oxygen atoms in total. The first-order valence-corrected chi connectivity index (χ1v) is 7.14. The van der Waals surface area contributed by atoms with Crippen molar-refractivity contribution in [2.24, 2.45) is 0 Å². The number of carbonyl (C=O) groups excluding carboxylic acids is 1. The van der Waals surface area contributed by atoms with E-state index in [4.69, 9.17) is 0 Å². The average Bonchev–Trinajstić information content (AvgIpc) is 2.45. The van der Waals surface area contributed by atoms with E-state index in [1.54, 1.807) is 6.20 Å². The molecule has 1 aromatic heterocycles. The predicted octanol–water partition coefficient (Wildman–Crippen LogP) is 3.54. The normalized spacial score (nSPS) is 12.1. The Balaban J connectivity index is 2.15. The number of nitrogens with zero attached hydrogens (tertiary/aromatic N) is 2. The zero-order valence-corrected chi connectivity index (χ0v) is 11.9. The summed E-state index contributed by atoms with van der Waals surface area (Å²) < 4.78 is 0. The first kappa shape index (κ1) is 13.7. The molecule has 0 amide bonds. The van der Waals surface area contributed by atoms with Crippen LogP contribution in [0.25, 0.3) is 0 Å². The molecular formula is C15H16N2OS. The highest BCUT2D eigenvalue weighted by atomic mass is 32.2. The fraction of sp³-hybridized carbons (Fsp3) is 0.267. The summed E-state index contributed by atoms with van der Waals surface area (Å²) >= 11 is 1.43. The number of rotatable bonds is 5. The van der Waals surface area contributed by atoms with Crippen LogP contribution in [0.2, 0.25) is 0 Å². The van der Waals surface area contributed by atoms with Crippen molar-refractivity contribution in [3.05, 3.63) is 53.9 Å². The van der Waals surface area contributed by atoms with Crippen LogP contribution in [0.5, 0.6) is 0 Å². The number of ketones is 1. The number of Topliss-reactive ketones (excluding diaryl/α,β-unsaturated/α-hetero) is 1. The van der Waals surface area contributed by atoms with Gasteiger partial charge in [-0.2, -0.15) is 0 Å². The molecule has 1 unspecified atom stereocenters. The van der Waals surface area contributed by atoms with E-state index in [0.717, 1.165) is 17.7 Å². The van der Waals surface area contributed by atoms with Crippen LogP contribution in [0, 0.1) is 6.92 Å². The highest BCUT2D eigenvalue weighted by molar-refractivity contribution is 8.00.